The van der Waals surface area contributed by atoms with E-state index < -0.39 is 0 Å². The van der Waals surface area contributed by atoms with Crippen molar-refractivity contribution >= 4 is 5.97 Å². The third-order valence-electron chi connectivity index (χ3n) is 2.96. The number of ether oxygens (including phenoxy) is 1. The Labute approximate surface area is 113 Å². The van der Waals surface area contributed by atoms with Gasteiger partial charge >= 0.3 is 5.97 Å². The number of unbranched alkanes of at least 4 members (excludes halogenated alkanes) is 8. The molecule has 0 aliphatic heterocycles. The summed E-state index contributed by atoms with van der Waals surface area (Å²) in [6.45, 7) is 4.30. The van der Waals surface area contributed by atoms with E-state index in [-0.39, 0.29) is 5.97 Å². The molecule has 0 heterocycles. The summed E-state index contributed by atoms with van der Waals surface area (Å²) in [5, 5.41) is 0. The quantitative estimate of drug-likeness (QED) is 0.277. The number of rotatable bonds is 12. The zero-order valence-corrected chi connectivity index (χ0v) is 12.2. The average Bonchev–Trinajstić information content (AvgIpc) is 2.34. The zero-order chi connectivity index (χ0) is 13.5. The molecule has 2 heteroatoms. The van der Waals surface area contributed by atoms with E-state index >= 15 is 0 Å². The first kappa shape index (κ1) is 17.2. The minimum absolute atomic E-state index is 0.166. The Bertz CT molecular complexity index is 209. The van der Waals surface area contributed by atoms with Crippen LogP contribution >= 0.6 is 0 Å². The molecule has 0 aliphatic carbocycles. The van der Waals surface area contributed by atoms with Crippen LogP contribution in [0.3, 0.4) is 0 Å². The van der Waals surface area contributed by atoms with E-state index in [9.17, 15) is 4.79 Å². The van der Waals surface area contributed by atoms with Gasteiger partial charge in [-0.1, -0.05) is 51.2 Å². The molecular weight excluding hydrogens is 224 g/mol. The van der Waals surface area contributed by atoms with Crippen LogP contribution in [0.5, 0.6) is 0 Å². The highest BCUT2D eigenvalue weighted by molar-refractivity contribution is 5.65. The van der Waals surface area contributed by atoms with E-state index in [0.717, 1.165) is 12.8 Å². The highest BCUT2D eigenvalue weighted by Gasteiger charge is 1.92. The maximum absolute atomic E-state index is 10.5. The van der Waals surface area contributed by atoms with Gasteiger partial charge in [0.05, 0.1) is 6.61 Å². The molecule has 0 rings (SSSR count). The van der Waals surface area contributed by atoms with Gasteiger partial charge in [0.2, 0.25) is 0 Å². The Morgan fingerprint density at radius 3 is 2.00 bits per heavy atom. The molecule has 18 heavy (non-hydrogen) atoms. The normalized spacial score (nSPS) is 11.0. The third-order valence-corrected chi connectivity index (χ3v) is 2.96. The van der Waals surface area contributed by atoms with E-state index in [4.69, 9.17) is 4.74 Å². The van der Waals surface area contributed by atoms with Gasteiger partial charge in [0.1, 0.15) is 0 Å². The lowest BCUT2D eigenvalue weighted by molar-refractivity contribution is -0.141. The Morgan fingerprint density at radius 2 is 1.44 bits per heavy atom. The van der Waals surface area contributed by atoms with Gasteiger partial charge in [0.25, 0.3) is 0 Å². The van der Waals surface area contributed by atoms with E-state index in [1.54, 1.807) is 0 Å². The van der Waals surface area contributed by atoms with Crippen LogP contribution in [0, 0.1) is 0 Å². The topological polar surface area (TPSA) is 26.3 Å². The molecule has 0 aromatic rings. The van der Waals surface area contributed by atoms with E-state index in [0.29, 0.717) is 6.61 Å². The monoisotopic (exact) mass is 254 g/mol. The number of carbonyl (C=O) groups excluding carboxylic acids is 1. The van der Waals surface area contributed by atoms with Crippen molar-refractivity contribution in [3.8, 4) is 0 Å². The number of carbonyl (C=O) groups is 1. The van der Waals surface area contributed by atoms with E-state index in [2.05, 4.69) is 19.1 Å². The molecule has 2 nitrogen and oxygen atoms in total. The van der Waals surface area contributed by atoms with Crippen molar-refractivity contribution < 1.29 is 9.53 Å². The van der Waals surface area contributed by atoms with Gasteiger partial charge < -0.3 is 4.74 Å². The average molecular weight is 254 g/mol. The Morgan fingerprint density at radius 1 is 0.889 bits per heavy atom. The standard InChI is InChI=1S/C16H30O2/c1-3-4-5-6-7-8-9-10-11-12-13-14-15-18-16(2)17/h8-9H,3-7,10-15H2,1-2H3. The van der Waals surface area contributed by atoms with Crippen molar-refractivity contribution in [1.82, 2.24) is 0 Å². The zero-order valence-electron chi connectivity index (χ0n) is 12.2. The first-order chi connectivity index (χ1) is 8.77. The van der Waals surface area contributed by atoms with Crippen molar-refractivity contribution in [2.45, 2.75) is 78.1 Å². The molecule has 0 atom stereocenters. The largest absolute Gasteiger partial charge is 0.466 e. The fourth-order valence-electron chi connectivity index (χ4n) is 1.86. The van der Waals surface area contributed by atoms with Gasteiger partial charge in [-0.3, -0.25) is 4.79 Å². The number of hydrogen-bond acceptors (Lipinski definition) is 2. The SMILES string of the molecule is CCCCCCC=CCCCCCCOC(C)=O. The molecule has 0 saturated heterocycles. The van der Waals surface area contributed by atoms with Crippen LogP contribution < -0.4 is 0 Å². The van der Waals surface area contributed by atoms with Gasteiger partial charge in [-0.25, -0.2) is 0 Å². The van der Waals surface area contributed by atoms with E-state index in [1.807, 2.05) is 0 Å². The second-order valence-electron chi connectivity index (χ2n) is 4.86. The summed E-state index contributed by atoms with van der Waals surface area (Å²) in [4.78, 5) is 10.5. The summed E-state index contributed by atoms with van der Waals surface area (Å²) < 4.78 is 4.88. The van der Waals surface area contributed by atoms with Gasteiger partial charge in [-0.15, -0.1) is 0 Å². The van der Waals surface area contributed by atoms with Crippen LogP contribution in [0.25, 0.3) is 0 Å². The second-order valence-corrected chi connectivity index (χ2v) is 4.86. The maximum Gasteiger partial charge on any atom is 0.302 e. The van der Waals surface area contributed by atoms with Crippen LogP contribution in [0.2, 0.25) is 0 Å². The molecule has 0 spiro atoms. The number of hydrogen-bond donors (Lipinski definition) is 0. The first-order valence-corrected chi connectivity index (χ1v) is 7.55. The lowest BCUT2D eigenvalue weighted by Gasteiger charge is -2.01. The highest BCUT2D eigenvalue weighted by Crippen LogP contribution is 2.06. The fraction of sp³-hybridized carbons (Fsp3) is 0.812. The number of allylic oxidation sites excluding steroid dienone is 2. The predicted molar refractivity (Wildman–Crippen MR) is 77.6 cm³/mol. The third kappa shape index (κ3) is 15.2. The Balaban J connectivity index is 3.06. The molecule has 0 N–H and O–H groups in total. The molecule has 0 aromatic carbocycles. The van der Waals surface area contributed by atoms with Gasteiger partial charge in [-0.05, 0) is 32.1 Å². The fourth-order valence-corrected chi connectivity index (χ4v) is 1.86. The summed E-state index contributed by atoms with van der Waals surface area (Å²) in [7, 11) is 0. The van der Waals surface area contributed by atoms with Crippen LogP contribution in [0.1, 0.15) is 78.1 Å². The van der Waals surface area contributed by atoms with Crippen molar-refractivity contribution in [3.63, 3.8) is 0 Å². The van der Waals surface area contributed by atoms with E-state index in [1.165, 1.54) is 58.3 Å². The molecule has 0 aromatic heterocycles. The first-order valence-electron chi connectivity index (χ1n) is 7.55. The van der Waals surface area contributed by atoms with Gasteiger partial charge in [-0.2, -0.15) is 0 Å². The number of esters is 1. The maximum atomic E-state index is 10.5. The Hall–Kier alpha value is -0.790. The van der Waals surface area contributed by atoms with Crippen molar-refractivity contribution in [3.05, 3.63) is 12.2 Å². The molecule has 0 unspecified atom stereocenters. The molecular formula is C16H30O2. The predicted octanol–water partition coefficient (Wildman–Crippen LogP) is 5.03. The van der Waals surface area contributed by atoms with Crippen molar-refractivity contribution in [2.24, 2.45) is 0 Å². The summed E-state index contributed by atoms with van der Waals surface area (Å²) in [6.07, 6.45) is 17.1. The molecule has 0 saturated carbocycles. The summed E-state index contributed by atoms with van der Waals surface area (Å²) >= 11 is 0. The molecule has 0 radical (unpaired) electrons. The van der Waals surface area contributed by atoms with Crippen molar-refractivity contribution in [1.29, 1.82) is 0 Å². The summed E-state index contributed by atoms with van der Waals surface area (Å²) in [5.74, 6) is -0.166. The van der Waals surface area contributed by atoms with Crippen LogP contribution in [-0.4, -0.2) is 12.6 Å². The molecule has 106 valence electrons. The Kier molecular flexibility index (Phi) is 13.6. The van der Waals surface area contributed by atoms with Crippen LogP contribution in [-0.2, 0) is 9.53 Å². The lowest BCUT2D eigenvalue weighted by atomic mass is 10.1. The summed E-state index contributed by atoms with van der Waals surface area (Å²) in [5.41, 5.74) is 0. The van der Waals surface area contributed by atoms with Crippen LogP contribution in [0.15, 0.2) is 12.2 Å². The molecule has 0 aliphatic rings. The summed E-state index contributed by atoms with van der Waals surface area (Å²) in [6, 6.07) is 0. The minimum atomic E-state index is -0.166. The van der Waals surface area contributed by atoms with Crippen molar-refractivity contribution in [2.75, 3.05) is 6.61 Å². The van der Waals surface area contributed by atoms with Gasteiger partial charge in [0, 0.05) is 6.92 Å². The molecule has 0 amide bonds. The van der Waals surface area contributed by atoms with Crippen LogP contribution in [0.4, 0.5) is 0 Å². The molecule has 0 bridgehead atoms. The smallest absolute Gasteiger partial charge is 0.302 e. The highest BCUT2D eigenvalue weighted by atomic mass is 16.5. The second kappa shape index (κ2) is 14.3. The minimum Gasteiger partial charge on any atom is -0.466 e. The lowest BCUT2D eigenvalue weighted by Crippen LogP contribution is -1.99. The van der Waals surface area contributed by atoms with Gasteiger partial charge in [0.15, 0.2) is 0 Å². The molecule has 0 fully saturated rings.